The van der Waals surface area contributed by atoms with E-state index < -0.39 is 0 Å². The van der Waals surface area contributed by atoms with Crippen LogP contribution in [0.1, 0.15) is 43.4 Å². The normalized spacial score (nSPS) is 13.2. The van der Waals surface area contributed by atoms with Crippen LogP contribution in [0.25, 0.3) is 0 Å². The van der Waals surface area contributed by atoms with E-state index in [1.165, 1.54) is 0 Å². The first kappa shape index (κ1) is 16.1. The molecule has 2 atom stereocenters. The van der Waals surface area contributed by atoms with Crippen LogP contribution >= 0.6 is 0 Å². The van der Waals surface area contributed by atoms with Crippen molar-refractivity contribution in [1.29, 1.82) is 0 Å². The van der Waals surface area contributed by atoms with Gasteiger partial charge in [0.1, 0.15) is 5.75 Å². The van der Waals surface area contributed by atoms with Crippen molar-refractivity contribution in [2.45, 2.75) is 32.2 Å². The number of carbonyl (C=O) groups is 1. The molecule has 0 aromatic heterocycles. The van der Waals surface area contributed by atoms with E-state index in [1.807, 2.05) is 68.4 Å². The Labute approximate surface area is 132 Å². The lowest BCUT2D eigenvalue weighted by atomic mass is 9.95. The number of benzene rings is 2. The van der Waals surface area contributed by atoms with Crippen LogP contribution in [0.5, 0.6) is 5.75 Å². The molecule has 0 bridgehead atoms. The van der Waals surface area contributed by atoms with Gasteiger partial charge in [0.15, 0.2) is 0 Å². The summed E-state index contributed by atoms with van der Waals surface area (Å²) in [5.74, 6) is 0.716. The van der Waals surface area contributed by atoms with E-state index in [9.17, 15) is 4.79 Å². The van der Waals surface area contributed by atoms with Gasteiger partial charge in [-0.15, -0.1) is 0 Å². The summed E-state index contributed by atoms with van der Waals surface area (Å²) in [7, 11) is 1.65. The van der Waals surface area contributed by atoms with Crippen LogP contribution in [-0.4, -0.2) is 13.0 Å². The summed E-state index contributed by atoms with van der Waals surface area (Å²) < 4.78 is 5.37. The van der Waals surface area contributed by atoms with Crippen molar-refractivity contribution in [2.24, 2.45) is 0 Å². The van der Waals surface area contributed by atoms with E-state index in [1.54, 1.807) is 7.11 Å². The summed E-state index contributed by atoms with van der Waals surface area (Å²) in [6.45, 7) is 4.01. The maximum absolute atomic E-state index is 12.6. The van der Waals surface area contributed by atoms with Gasteiger partial charge in [-0.05, 0) is 25.0 Å². The topological polar surface area (TPSA) is 38.3 Å². The summed E-state index contributed by atoms with van der Waals surface area (Å²) in [6.07, 6.45) is 0.772. The third-order valence-corrected chi connectivity index (χ3v) is 3.89. The first-order valence-corrected chi connectivity index (χ1v) is 7.65. The minimum Gasteiger partial charge on any atom is -0.496 e. The van der Waals surface area contributed by atoms with Crippen molar-refractivity contribution in [3.63, 3.8) is 0 Å². The van der Waals surface area contributed by atoms with Gasteiger partial charge in [0.05, 0.1) is 19.1 Å². The van der Waals surface area contributed by atoms with Crippen molar-refractivity contribution in [3.05, 3.63) is 65.7 Å². The highest BCUT2D eigenvalue weighted by Gasteiger charge is 2.21. The fourth-order valence-electron chi connectivity index (χ4n) is 2.67. The highest BCUT2D eigenvalue weighted by Crippen LogP contribution is 2.26. The molecule has 2 rings (SSSR count). The third kappa shape index (κ3) is 3.67. The molecule has 1 amide bonds. The van der Waals surface area contributed by atoms with Gasteiger partial charge >= 0.3 is 0 Å². The Hall–Kier alpha value is -2.29. The number of hydrogen-bond acceptors (Lipinski definition) is 2. The van der Waals surface area contributed by atoms with Gasteiger partial charge in [-0.3, -0.25) is 4.79 Å². The molecule has 1 N–H and O–H groups in total. The van der Waals surface area contributed by atoms with Gasteiger partial charge in [0, 0.05) is 5.56 Å². The predicted octanol–water partition coefficient (Wildman–Crippen LogP) is 4.07. The zero-order valence-corrected chi connectivity index (χ0v) is 13.4. The predicted molar refractivity (Wildman–Crippen MR) is 89.0 cm³/mol. The Kier molecular flexibility index (Phi) is 5.59. The lowest BCUT2D eigenvalue weighted by Gasteiger charge is -2.21. The molecule has 0 aliphatic carbocycles. The van der Waals surface area contributed by atoms with Crippen molar-refractivity contribution in [2.75, 3.05) is 7.11 Å². The maximum Gasteiger partial charge on any atom is 0.228 e. The van der Waals surface area contributed by atoms with Crippen LogP contribution in [0, 0.1) is 0 Å². The highest BCUT2D eigenvalue weighted by atomic mass is 16.5. The average molecular weight is 297 g/mol. The Morgan fingerprint density at radius 3 is 2.36 bits per heavy atom. The van der Waals surface area contributed by atoms with Crippen LogP contribution < -0.4 is 10.1 Å². The standard InChI is InChI=1S/C19H23NO2/c1-4-16(15-10-6-5-7-11-15)19(21)20-14(2)17-12-8-9-13-18(17)22-3/h5-14,16H,4H2,1-3H3,(H,20,21)/t14-,16+/m0/s1. The lowest BCUT2D eigenvalue weighted by molar-refractivity contribution is -0.123. The van der Waals surface area contributed by atoms with Crippen LogP contribution in [-0.2, 0) is 4.79 Å². The van der Waals surface area contributed by atoms with Gasteiger partial charge in [0.25, 0.3) is 0 Å². The van der Waals surface area contributed by atoms with E-state index in [0.717, 1.165) is 23.3 Å². The molecule has 0 spiro atoms. The molecular weight excluding hydrogens is 274 g/mol. The first-order chi connectivity index (χ1) is 10.7. The highest BCUT2D eigenvalue weighted by molar-refractivity contribution is 5.84. The number of ether oxygens (including phenoxy) is 1. The fourth-order valence-corrected chi connectivity index (χ4v) is 2.67. The lowest BCUT2D eigenvalue weighted by Crippen LogP contribution is -2.31. The maximum atomic E-state index is 12.6. The Morgan fingerprint density at radius 2 is 1.73 bits per heavy atom. The molecule has 3 nitrogen and oxygen atoms in total. The van der Waals surface area contributed by atoms with Gasteiger partial charge in [-0.1, -0.05) is 55.5 Å². The molecule has 116 valence electrons. The molecular formula is C19H23NO2. The number of hydrogen-bond donors (Lipinski definition) is 1. The number of rotatable bonds is 6. The van der Waals surface area contributed by atoms with Crippen LogP contribution in [0.4, 0.5) is 0 Å². The van der Waals surface area contributed by atoms with Crippen LogP contribution in [0.2, 0.25) is 0 Å². The van der Waals surface area contributed by atoms with E-state index in [0.29, 0.717) is 0 Å². The zero-order chi connectivity index (χ0) is 15.9. The quantitative estimate of drug-likeness (QED) is 0.873. The Morgan fingerprint density at radius 1 is 1.09 bits per heavy atom. The molecule has 2 aromatic rings. The van der Waals surface area contributed by atoms with E-state index in [-0.39, 0.29) is 17.9 Å². The second-order valence-corrected chi connectivity index (χ2v) is 5.34. The van der Waals surface area contributed by atoms with Crippen LogP contribution in [0.15, 0.2) is 54.6 Å². The Bertz CT molecular complexity index is 610. The minimum absolute atomic E-state index is 0.0482. The molecule has 0 radical (unpaired) electrons. The number of methoxy groups -OCH3 is 1. The summed E-state index contributed by atoms with van der Waals surface area (Å²) in [5, 5.41) is 3.10. The van der Waals surface area contributed by atoms with E-state index in [2.05, 4.69) is 5.32 Å². The molecule has 2 aromatic carbocycles. The molecule has 0 saturated heterocycles. The smallest absolute Gasteiger partial charge is 0.228 e. The van der Waals surface area contributed by atoms with Crippen molar-refractivity contribution < 1.29 is 9.53 Å². The summed E-state index contributed by atoms with van der Waals surface area (Å²) >= 11 is 0. The number of carbonyl (C=O) groups excluding carboxylic acids is 1. The van der Waals surface area contributed by atoms with Crippen molar-refractivity contribution in [3.8, 4) is 5.75 Å². The van der Waals surface area contributed by atoms with E-state index in [4.69, 9.17) is 4.74 Å². The van der Waals surface area contributed by atoms with Gasteiger partial charge in [-0.2, -0.15) is 0 Å². The molecule has 0 aliphatic rings. The number of para-hydroxylation sites is 1. The monoisotopic (exact) mass is 297 g/mol. The minimum atomic E-state index is -0.127. The fraction of sp³-hybridized carbons (Fsp3) is 0.316. The second-order valence-electron chi connectivity index (χ2n) is 5.34. The molecule has 3 heteroatoms. The molecule has 0 fully saturated rings. The van der Waals surface area contributed by atoms with Crippen LogP contribution in [0.3, 0.4) is 0 Å². The van der Waals surface area contributed by atoms with Crippen molar-refractivity contribution in [1.82, 2.24) is 5.32 Å². The first-order valence-electron chi connectivity index (χ1n) is 7.65. The summed E-state index contributed by atoms with van der Waals surface area (Å²) in [5.41, 5.74) is 2.04. The molecule has 0 unspecified atom stereocenters. The van der Waals surface area contributed by atoms with Gasteiger partial charge < -0.3 is 10.1 Å². The third-order valence-electron chi connectivity index (χ3n) is 3.89. The largest absolute Gasteiger partial charge is 0.496 e. The summed E-state index contributed by atoms with van der Waals surface area (Å²) in [4.78, 5) is 12.6. The van der Waals surface area contributed by atoms with Crippen molar-refractivity contribution >= 4 is 5.91 Å². The SMILES string of the molecule is CC[C@@H](C(=O)N[C@@H](C)c1ccccc1OC)c1ccccc1. The molecule has 22 heavy (non-hydrogen) atoms. The second kappa shape index (κ2) is 7.64. The van der Waals surface area contributed by atoms with Gasteiger partial charge in [-0.25, -0.2) is 0 Å². The van der Waals surface area contributed by atoms with Gasteiger partial charge in [0.2, 0.25) is 5.91 Å². The summed E-state index contributed by atoms with van der Waals surface area (Å²) in [6, 6.07) is 17.6. The number of amides is 1. The zero-order valence-electron chi connectivity index (χ0n) is 13.4. The van der Waals surface area contributed by atoms with E-state index >= 15 is 0 Å². The molecule has 0 saturated carbocycles. The number of nitrogens with one attached hydrogen (secondary N) is 1. The Balaban J connectivity index is 2.13. The molecule has 0 heterocycles. The molecule has 0 aliphatic heterocycles. The average Bonchev–Trinajstić information content (AvgIpc) is 2.56.